The third-order valence-electron chi connectivity index (χ3n) is 3.07. The van der Waals surface area contributed by atoms with Crippen LogP contribution in [0, 0.1) is 21.0 Å². The van der Waals surface area contributed by atoms with E-state index in [0.29, 0.717) is 0 Å². The van der Waals surface area contributed by atoms with Crippen molar-refractivity contribution in [2.75, 3.05) is 0 Å². The Morgan fingerprint density at radius 2 is 1.18 bits per heavy atom. The van der Waals surface area contributed by atoms with Crippen LogP contribution in [0.15, 0.2) is 24.3 Å². The number of thiophene rings is 1. The highest BCUT2D eigenvalue weighted by Gasteiger charge is 2.12. The van der Waals surface area contributed by atoms with E-state index >= 15 is 0 Å². The van der Waals surface area contributed by atoms with Gasteiger partial charge in [0, 0.05) is 27.3 Å². The number of rotatable bonds is 0. The van der Waals surface area contributed by atoms with Crippen molar-refractivity contribution < 1.29 is 0 Å². The Morgan fingerprint density at radius 1 is 0.765 bits per heavy atom. The van der Waals surface area contributed by atoms with E-state index in [0.717, 1.165) is 0 Å². The van der Waals surface area contributed by atoms with Crippen molar-refractivity contribution in [3.63, 3.8) is 0 Å². The third kappa shape index (κ3) is 1.81. The summed E-state index contributed by atoms with van der Waals surface area (Å²) in [5.74, 6) is 0. The van der Waals surface area contributed by atoms with E-state index in [4.69, 9.17) is 0 Å². The molecule has 17 heavy (non-hydrogen) atoms. The summed E-state index contributed by atoms with van der Waals surface area (Å²) in [6, 6.07) is 8.97. The first-order valence-electron chi connectivity index (χ1n) is 5.36. The summed E-state index contributed by atoms with van der Waals surface area (Å²) in [5, 5.41) is 2.80. The van der Waals surface area contributed by atoms with Gasteiger partial charge in [-0.15, -0.1) is 11.3 Å². The van der Waals surface area contributed by atoms with Crippen LogP contribution in [0.4, 0.5) is 0 Å². The lowest BCUT2D eigenvalue weighted by Gasteiger charge is -1.99. The molecule has 0 saturated heterocycles. The van der Waals surface area contributed by atoms with Crippen molar-refractivity contribution in [2.45, 2.75) is 13.8 Å². The molecule has 0 aliphatic carbocycles. The van der Waals surface area contributed by atoms with Crippen LogP contribution >= 0.6 is 56.5 Å². The molecule has 0 atom stereocenters. The van der Waals surface area contributed by atoms with Gasteiger partial charge in [-0.2, -0.15) is 0 Å². The van der Waals surface area contributed by atoms with E-state index < -0.39 is 0 Å². The highest BCUT2D eigenvalue weighted by atomic mass is 127. The van der Waals surface area contributed by atoms with Crippen molar-refractivity contribution >= 4 is 76.7 Å². The van der Waals surface area contributed by atoms with E-state index in [-0.39, 0.29) is 0 Å². The first-order valence-corrected chi connectivity index (χ1v) is 8.33. The van der Waals surface area contributed by atoms with E-state index in [1.54, 1.807) is 0 Å². The molecule has 0 radical (unpaired) electrons. The molecule has 0 bridgehead atoms. The number of aryl methyl sites for hydroxylation is 2. The number of fused-ring (bicyclic) bond motifs is 3. The second kappa shape index (κ2) is 4.35. The molecular weight excluding hydrogens is 454 g/mol. The fourth-order valence-electron chi connectivity index (χ4n) is 2.03. The number of benzene rings is 2. The van der Waals surface area contributed by atoms with Gasteiger partial charge in [0.15, 0.2) is 0 Å². The monoisotopic (exact) mass is 464 g/mol. The summed E-state index contributed by atoms with van der Waals surface area (Å²) >= 11 is 6.86. The Morgan fingerprint density at radius 3 is 1.59 bits per heavy atom. The van der Waals surface area contributed by atoms with Gasteiger partial charge in [0.1, 0.15) is 0 Å². The minimum absolute atomic E-state index is 1.37. The average molecular weight is 464 g/mol. The normalized spacial score (nSPS) is 11.5. The predicted octanol–water partition coefficient (Wildman–Crippen LogP) is 5.88. The maximum absolute atomic E-state index is 2.47. The van der Waals surface area contributed by atoms with Crippen LogP contribution < -0.4 is 0 Å². The molecule has 0 N–H and O–H groups in total. The van der Waals surface area contributed by atoms with Crippen LogP contribution in [-0.2, 0) is 0 Å². The van der Waals surface area contributed by atoms with E-state index in [1.165, 1.54) is 38.4 Å². The van der Waals surface area contributed by atoms with E-state index in [1.807, 2.05) is 11.3 Å². The van der Waals surface area contributed by atoms with Crippen LogP contribution in [0.2, 0.25) is 0 Å². The first-order chi connectivity index (χ1) is 8.09. The second-order valence-electron chi connectivity index (χ2n) is 4.25. The van der Waals surface area contributed by atoms with Gasteiger partial charge in [0.05, 0.1) is 0 Å². The van der Waals surface area contributed by atoms with Gasteiger partial charge in [-0.3, -0.25) is 0 Å². The molecule has 2 aromatic carbocycles. The fraction of sp³-hybridized carbons (Fsp3) is 0.143. The summed E-state index contributed by atoms with van der Waals surface area (Å²) in [4.78, 5) is 0. The molecule has 0 aliphatic rings. The highest BCUT2D eigenvalue weighted by Crippen LogP contribution is 2.40. The van der Waals surface area contributed by atoms with Crippen molar-refractivity contribution in [3.8, 4) is 0 Å². The van der Waals surface area contributed by atoms with E-state index in [2.05, 4.69) is 83.3 Å². The van der Waals surface area contributed by atoms with Gasteiger partial charge in [-0.1, -0.05) is 24.3 Å². The van der Waals surface area contributed by atoms with Crippen molar-refractivity contribution in [3.05, 3.63) is 42.5 Å². The van der Waals surface area contributed by atoms with Crippen molar-refractivity contribution in [2.24, 2.45) is 0 Å². The summed E-state index contributed by atoms with van der Waals surface area (Å²) in [6.07, 6.45) is 0. The molecule has 0 amide bonds. The van der Waals surface area contributed by atoms with E-state index in [9.17, 15) is 0 Å². The molecule has 1 aromatic heterocycles. The molecule has 0 nitrogen and oxygen atoms in total. The molecule has 0 fully saturated rings. The number of hydrogen-bond acceptors (Lipinski definition) is 1. The van der Waals surface area contributed by atoms with Gasteiger partial charge >= 0.3 is 0 Å². The highest BCUT2D eigenvalue weighted by molar-refractivity contribution is 14.1. The quantitative estimate of drug-likeness (QED) is 0.365. The summed E-state index contributed by atoms with van der Waals surface area (Å²) in [5.41, 5.74) is 2.74. The lowest BCUT2D eigenvalue weighted by atomic mass is 10.1. The Labute approximate surface area is 132 Å². The number of hydrogen-bond donors (Lipinski definition) is 0. The molecule has 0 unspecified atom stereocenters. The third-order valence-corrected chi connectivity index (χ3v) is 7.84. The smallest absolute Gasteiger partial charge is 0.0491 e. The van der Waals surface area contributed by atoms with Crippen molar-refractivity contribution in [1.29, 1.82) is 0 Å². The first kappa shape index (κ1) is 12.2. The molecule has 3 rings (SSSR count). The largest absolute Gasteiger partial charge is 0.133 e. The molecule has 86 valence electrons. The zero-order chi connectivity index (χ0) is 12.2. The van der Waals surface area contributed by atoms with Gasteiger partial charge in [0.2, 0.25) is 0 Å². The Bertz CT molecular complexity index is 679. The molecule has 3 aromatic rings. The fourth-order valence-corrected chi connectivity index (χ4v) is 4.92. The van der Waals surface area contributed by atoms with Gasteiger partial charge < -0.3 is 0 Å². The SMILES string of the molecule is Cc1ccc2c(sc3c(I)c(C)ccc32)c1I. The minimum Gasteiger partial charge on any atom is -0.133 e. The average Bonchev–Trinajstić information content (AvgIpc) is 2.69. The molecule has 0 aliphatic heterocycles. The van der Waals surface area contributed by atoms with Crippen LogP contribution in [-0.4, -0.2) is 0 Å². The maximum Gasteiger partial charge on any atom is 0.0491 e. The minimum atomic E-state index is 1.37. The summed E-state index contributed by atoms with van der Waals surface area (Å²) in [7, 11) is 0. The number of halogens is 2. The molecule has 0 spiro atoms. The van der Waals surface area contributed by atoms with Crippen LogP contribution in [0.5, 0.6) is 0 Å². The van der Waals surface area contributed by atoms with Crippen molar-refractivity contribution in [1.82, 2.24) is 0 Å². The van der Waals surface area contributed by atoms with Gasteiger partial charge in [0.25, 0.3) is 0 Å². The topological polar surface area (TPSA) is 0 Å². The molecule has 3 heteroatoms. The van der Waals surface area contributed by atoms with Crippen LogP contribution in [0.1, 0.15) is 11.1 Å². The Hall–Kier alpha value is 0.120. The van der Waals surface area contributed by atoms with Gasteiger partial charge in [-0.25, -0.2) is 0 Å². The lowest BCUT2D eigenvalue weighted by Crippen LogP contribution is -1.79. The Balaban J connectivity index is 2.58. The zero-order valence-corrected chi connectivity index (χ0v) is 14.6. The predicted molar refractivity (Wildman–Crippen MR) is 94.2 cm³/mol. The molecule has 1 heterocycles. The second-order valence-corrected chi connectivity index (χ2v) is 7.43. The van der Waals surface area contributed by atoms with Gasteiger partial charge in [-0.05, 0) is 70.2 Å². The maximum atomic E-state index is 2.47. The summed E-state index contributed by atoms with van der Waals surface area (Å²) < 4.78 is 5.66. The zero-order valence-electron chi connectivity index (χ0n) is 9.47. The Kier molecular flexibility index (Phi) is 3.11. The lowest BCUT2D eigenvalue weighted by molar-refractivity contribution is 1.47. The standard InChI is InChI=1S/C14H10I2S/c1-7-3-5-9-10-6-4-8(2)12(16)14(10)17-13(9)11(7)15/h3-6H,1-2H3. The molecule has 0 saturated carbocycles. The van der Waals surface area contributed by atoms with Crippen LogP contribution in [0.3, 0.4) is 0 Å². The summed E-state index contributed by atoms with van der Waals surface area (Å²) in [6.45, 7) is 4.36. The van der Waals surface area contributed by atoms with Crippen LogP contribution in [0.25, 0.3) is 20.2 Å². The molecular formula is C14H10I2S.